The van der Waals surface area contributed by atoms with Crippen LogP contribution in [0.15, 0.2) is 23.2 Å². The molecule has 1 atom stereocenters. The van der Waals surface area contributed by atoms with Crippen molar-refractivity contribution in [3.63, 3.8) is 0 Å². The summed E-state index contributed by atoms with van der Waals surface area (Å²) in [5, 5.41) is 0. The minimum atomic E-state index is 0.178. The first-order valence-electron chi connectivity index (χ1n) is 3.16. The minimum Gasteiger partial charge on any atom is -0.377 e. The topological polar surface area (TPSA) is 9.23 Å². The maximum atomic E-state index is 5.17. The lowest BCUT2D eigenvalue weighted by atomic mass is 10.1. The summed E-state index contributed by atoms with van der Waals surface area (Å²) >= 11 is 3.25. The molecule has 0 aromatic heterocycles. The molecule has 0 N–H and O–H groups in total. The van der Waals surface area contributed by atoms with Gasteiger partial charge in [0.1, 0.15) is 0 Å². The van der Waals surface area contributed by atoms with Crippen LogP contribution in [-0.2, 0) is 4.74 Å². The van der Waals surface area contributed by atoms with Gasteiger partial charge in [-0.1, -0.05) is 22.0 Å². The number of hydrogen-bond donors (Lipinski definition) is 0. The Labute approximate surface area is 70.9 Å². The average Bonchev–Trinajstić information content (AvgIpc) is 1.99. The van der Waals surface area contributed by atoms with Crippen LogP contribution < -0.4 is 0 Å². The summed E-state index contributed by atoms with van der Waals surface area (Å²) in [6.45, 7) is 5.66. The maximum absolute atomic E-state index is 5.17. The molecule has 0 aromatic carbocycles. The molecule has 0 heterocycles. The zero-order valence-corrected chi connectivity index (χ0v) is 8.02. The molecule has 1 unspecified atom stereocenters. The van der Waals surface area contributed by atoms with Gasteiger partial charge in [-0.15, -0.1) is 6.58 Å². The van der Waals surface area contributed by atoms with Gasteiger partial charge in [-0.3, -0.25) is 0 Å². The number of methoxy groups -OCH3 is 1. The van der Waals surface area contributed by atoms with Crippen LogP contribution >= 0.6 is 15.9 Å². The third-order valence-electron chi connectivity index (χ3n) is 1.35. The second-order valence-corrected chi connectivity index (χ2v) is 2.56. The highest BCUT2D eigenvalue weighted by molar-refractivity contribution is 9.11. The Morgan fingerprint density at radius 2 is 2.40 bits per heavy atom. The van der Waals surface area contributed by atoms with Crippen molar-refractivity contribution in [2.24, 2.45) is 0 Å². The zero-order chi connectivity index (χ0) is 7.98. The Balaban J connectivity index is 3.92. The highest BCUT2D eigenvalue weighted by atomic mass is 79.9. The zero-order valence-electron chi connectivity index (χ0n) is 6.43. The molecule has 0 aliphatic carbocycles. The smallest absolute Gasteiger partial charge is 0.0820 e. The summed E-state index contributed by atoms with van der Waals surface area (Å²) in [6, 6.07) is 0. The molecule has 0 spiro atoms. The van der Waals surface area contributed by atoms with Crippen LogP contribution in [0.5, 0.6) is 0 Å². The molecule has 0 saturated heterocycles. The molecule has 0 aromatic rings. The van der Waals surface area contributed by atoms with Crippen molar-refractivity contribution in [1.29, 1.82) is 0 Å². The van der Waals surface area contributed by atoms with Gasteiger partial charge < -0.3 is 4.74 Å². The SMILES string of the molecule is C=CCC(OC)/C(C)=C/Br. The molecule has 0 aliphatic rings. The molecule has 0 aliphatic heterocycles. The number of halogens is 1. The minimum absolute atomic E-state index is 0.178. The largest absolute Gasteiger partial charge is 0.377 e. The van der Waals surface area contributed by atoms with Crippen LogP contribution in [0, 0.1) is 0 Å². The normalized spacial score (nSPS) is 14.9. The second kappa shape index (κ2) is 5.69. The van der Waals surface area contributed by atoms with Crippen LogP contribution in [0.25, 0.3) is 0 Å². The molecule has 0 fully saturated rings. The average molecular weight is 205 g/mol. The summed E-state index contributed by atoms with van der Waals surface area (Å²) in [4.78, 5) is 1.88. The fraction of sp³-hybridized carbons (Fsp3) is 0.500. The lowest BCUT2D eigenvalue weighted by Crippen LogP contribution is -2.09. The summed E-state index contributed by atoms with van der Waals surface area (Å²) in [6.07, 6.45) is 2.90. The van der Waals surface area contributed by atoms with Gasteiger partial charge in [-0.05, 0) is 23.9 Å². The third kappa shape index (κ3) is 3.18. The van der Waals surface area contributed by atoms with E-state index in [1.54, 1.807) is 7.11 Å². The van der Waals surface area contributed by atoms with Gasteiger partial charge >= 0.3 is 0 Å². The first-order valence-corrected chi connectivity index (χ1v) is 4.08. The highest BCUT2D eigenvalue weighted by Crippen LogP contribution is 2.11. The van der Waals surface area contributed by atoms with E-state index >= 15 is 0 Å². The summed E-state index contributed by atoms with van der Waals surface area (Å²) in [5.74, 6) is 0. The Bertz CT molecular complexity index is 129. The van der Waals surface area contributed by atoms with Crippen molar-refractivity contribution in [1.82, 2.24) is 0 Å². The lowest BCUT2D eigenvalue weighted by molar-refractivity contribution is 0.134. The van der Waals surface area contributed by atoms with Crippen LogP contribution in [0.4, 0.5) is 0 Å². The van der Waals surface area contributed by atoms with E-state index in [4.69, 9.17) is 4.74 Å². The van der Waals surface area contributed by atoms with Crippen molar-refractivity contribution in [2.75, 3.05) is 7.11 Å². The third-order valence-corrected chi connectivity index (χ3v) is 2.07. The van der Waals surface area contributed by atoms with E-state index in [0.29, 0.717) is 0 Å². The molecule has 0 amide bonds. The quantitative estimate of drug-likeness (QED) is 0.641. The number of ether oxygens (including phenoxy) is 1. The molecule has 1 nitrogen and oxygen atoms in total. The molecular weight excluding hydrogens is 192 g/mol. The molecule has 2 heteroatoms. The Morgan fingerprint density at radius 1 is 1.80 bits per heavy atom. The molecule has 10 heavy (non-hydrogen) atoms. The first kappa shape index (κ1) is 9.92. The van der Waals surface area contributed by atoms with Crippen LogP contribution in [0.3, 0.4) is 0 Å². The fourth-order valence-electron chi connectivity index (χ4n) is 0.690. The highest BCUT2D eigenvalue weighted by Gasteiger charge is 2.05. The van der Waals surface area contributed by atoms with E-state index in [0.717, 1.165) is 6.42 Å². The van der Waals surface area contributed by atoms with E-state index < -0.39 is 0 Å². The van der Waals surface area contributed by atoms with Gasteiger partial charge in [-0.2, -0.15) is 0 Å². The molecule has 0 saturated carbocycles. The second-order valence-electron chi connectivity index (χ2n) is 2.10. The molecule has 0 radical (unpaired) electrons. The predicted octanol–water partition coefficient (Wildman–Crippen LogP) is 2.88. The number of hydrogen-bond acceptors (Lipinski definition) is 1. The van der Waals surface area contributed by atoms with Gasteiger partial charge in [0, 0.05) is 7.11 Å². The van der Waals surface area contributed by atoms with Crippen LogP contribution in [-0.4, -0.2) is 13.2 Å². The lowest BCUT2D eigenvalue weighted by Gasteiger charge is -2.12. The first-order chi connectivity index (χ1) is 4.76. The van der Waals surface area contributed by atoms with Crippen LogP contribution in [0.2, 0.25) is 0 Å². The Kier molecular flexibility index (Phi) is 5.64. The van der Waals surface area contributed by atoms with E-state index in [2.05, 4.69) is 22.5 Å². The monoisotopic (exact) mass is 204 g/mol. The Morgan fingerprint density at radius 3 is 2.70 bits per heavy atom. The van der Waals surface area contributed by atoms with Gasteiger partial charge in [0.25, 0.3) is 0 Å². The predicted molar refractivity (Wildman–Crippen MR) is 48.3 cm³/mol. The standard InChI is InChI=1S/C8H13BrO/c1-4-5-8(10-3)7(2)6-9/h4,6,8H,1,5H2,2-3H3/b7-6+. The van der Waals surface area contributed by atoms with Gasteiger partial charge in [0.2, 0.25) is 0 Å². The molecule has 0 rings (SSSR count). The number of rotatable bonds is 4. The van der Waals surface area contributed by atoms with E-state index in [1.807, 2.05) is 18.0 Å². The van der Waals surface area contributed by atoms with Crippen molar-refractivity contribution in [2.45, 2.75) is 19.4 Å². The Hall–Kier alpha value is -0.0800. The van der Waals surface area contributed by atoms with Crippen molar-refractivity contribution in [3.05, 3.63) is 23.2 Å². The summed E-state index contributed by atoms with van der Waals surface area (Å²) in [7, 11) is 1.70. The van der Waals surface area contributed by atoms with Crippen LogP contribution in [0.1, 0.15) is 13.3 Å². The molecular formula is C8H13BrO. The molecule has 58 valence electrons. The van der Waals surface area contributed by atoms with Gasteiger partial charge in [-0.25, -0.2) is 0 Å². The maximum Gasteiger partial charge on any atom is 0.0820 e. The van der Waals surface area contributed by atoms with Gasteiger partial charge in [0.15, 0.2) is 0 Å². The van der Waals surface area contributed by atoms with Crippen molar-refractivity contribution >= 4 is 15.9 Å². The summed E-state index contributed by atoms with van der Waals surface area (Å²) in [5.41, 5.74) is 1.18. The van der Waals surface area contributed by atoms with E-state index in [1.165, 1.54) is 5.57 Å². The van der Waals surface area contributed by atoms with E-state index in [-0.39, 0.29) is 6.10 Å². The van der Waals surface area contributed by atoms with Crippen molar-refractivity contribution in [3.8, 4) is 0 Å². The van der Waals surface area contributed by atoms with Crippen molar-refractivity contribution < 1.29 is 4.74 Å². The molecule has 0 bridgehead atoms. The fourth-order valence-corrected chi connectivity index (χ4v) is 0.984. The summed E-state index contributed by atoms with van der Waals surface area (Å²) < 4.78 is 5.17. The van der Waals surface area contributed by atoms with E-state index in [9.17, 15) is 0 Å². The van der Waals surface area contributed by atoms with Gasteiger partial charge in [0.05, 0.1) is 6.10 Å².